The Morgan fingerprint density at radius 3 is 1.42 bits per heavy atom. The molecule has 2 unspecified atom stereocenters. The average molecular weight is 775 g/mol. The van der Waals surface area contributed by atoms with Gasteiger partial charge in [0.15, 0.2) is 12.1 Å². The van der Waals surface area contributed by atoms with Crippen molar-refractivity contribution in [3.63, 3.8) is 0 Å². The van der Waals surface area contributed by atoms with Crippen LogP contribution in [-0.4, -0.2) is 80.6 Å². The van der Waals surface area contributed by atoms with Gasteiger partial charge in [0.05, 0.1) is 34.4 Å². The lowest BCUT2D eigenvalue weighted by molar-refractivity contribution is -0.887. The Kier molecular flexibility index (Phi) is 36.3. The van der Waals surface area contributed by atoms with Gasteiger partial charge in [-0.05, 0) is 64.2 Å². The van der Waals surface area contributed by atoms with Crippen molar-refractivity contribution in [1.29, 1.82) is 0 Å². The van der Waals surface area contributed by atoms with Crippen molar-refractivity contribution < 1.29 is 38.2 Å². The SMILES string of the molecule is CCCCC/C=C/C=C/CCCCCCCCC(=O)OCC(COCCC(C(=O)O)[N+](C)(C)C)OC(=O)CCCCC/C=C/C=C/CCCCCCCCC. The van der Waals surface area contributed by atoms with E-state index in [-0.39, 0.29) is 36.2 Å². The lowest BCUT2D eigenvalue weighted by atomic mass is 10.1. The first-order valence-electron chi connectivity index (χ1n) is 22.2. The maximum absolute atomic E-state index is 12.7. The molecular weight excluding hydrogens is 691 g/mol. The van der Waals surface area contributed by atoms with Crippen molar-refractivity contribution in [1.82, 2.24) is 0 Å². The summed E-state index contributed by atoms with van der Waals surface area (Å²) in [7, 11) is 5.51. The van der Waals surface area contributed by atoms with Crippen molar-refractivity contribution in [3.05, 3.63) is 48.6 Å². The molecular formula is C47H84NO7+. The molecule has 318 valence electrons. The highest BCUT2D eigenvalue weighted by Gasteiger charge is 2.31. The molecule has 0 saturated carbocycles. The van der Waals surface area contributed by atoms with E-state index in [1.807, 2.05) is 21.1 Å². The summed E-state index contributed by atoms with van der Waals surface area (Å²) in [6, 6.07) is -0.622. The molecule has 0 aliphatic rings. The highest BCUT2D eigenvalue weighted by molar-refractivity contribution is 5.72. The van der Waals surface area contributed by atoms with Gasteiger partial charge in [0.1, 0.15) is 6.61 Å². The van der Waals surface area contributed by atoms with Gasteiger partial charge in [0.25, 0.3) is 0 Å². The molecule has 0 rings (SSSR count). The average Bonchev–Trinajstić information content (AvgIpc) is 3.14. The van der Waals surface area contributed by atoms with Crippen LogP contribution in [0.25, 0.3) is 0 Å². The van der Waals surface area contributed by atoms with Gasteiger partial charge in [0, 0.05) is 19.3 Å². The van der Waals surface area contributed by atoms with Gasteiger partial charge < -0.3 is 23.8 Å². The van der Waals surface area contributed by atoms with E-state index in [2.05, 4.69) is 62.5 Å². The van der Waals surface area contributed by atoms with E-state index in [0.29, 0.717) is 19.3 Å². The molecule has 0 fully saturated rings. The third-order valence-electron chi connectivity index (χ3n) is 9.76. The lowest BCUT2D eigenvalue weighted by Crippen LogP contribution is -2.50. The fourth-order valence-electron chi connectivity index (χ4n) is 6.25. The number of carboxylic acids is 1. The molecule has 0 aliphatic carbocycles. The summed E-state index contributed by atoms with van der Waals surface area (Å²) >= 11 is 0. The fourth-order valence-corrected chi connectivity index (χ4v) is 6.25. The summed E-state index contributed by atoms with van der Waals surface area (Å²) in [6.45, 7) is 4.66. The third kappa shape index (κ3) is 36.7. The number of rotatable bonds is 39. The second kappa shape index (κ2) is 38.2. The number of unbranched alkanes of at least 4 members (excludes halogenated alkanes) is 19. The van der Waals surface area contributed by atoms with E-state index >= 15 is 0 Å². The fraction of sp³-hybridized carbons (Fsp3) is 0.766. The van der Waals surface area contributed by atoms with Crippen LogP contribution >= 0.6 is 0 Å². The number of hydrogen-bond donors (Lipinski definition) is 1. The van der Waals surface area contributed by atoms with Crippen LogP contribution < -0.4 is 0 Å². The van der Waals surface area contributed by atoms with Crippen LogP contribution in [0.3, 0.4) is 0 Å². The summed E-state index contributed by atoms with van der Waals surface area (Å²) in [5.41, 5.74) is 0. The molecule has 0 radical (unpaired) electrons. The molecule has 0 spiro atoms. The van der Waals surface area contributed by atoms with Crippen LogP contribution in [0.1, 0.15) is 181 Å². The Bertz CT molecular complexity index is 1040. The zero-order valence-electron chi connectivity index (χ0n) is 36.1. The number of likely N-dealkylation sites (N-methyl/N-ethyl adjacent to an activating group) is 1. The monoisotopic (exact) mass is 775 g/mol. The number of esters is 2. The number of allylic oxidation sites excluding steroid dienone is 8. The van der Waals surface area contributed by atoms with Gasteiger partial charge >= 0.3 is 17.9 Å². The zero-order valence-corrected chi connectivity index (χ0v) is 36.1. The van der Waals surface area contributed by atoms with Gasteiger partial charge in [-0.1, -0.05) is 146 Å². The number of ether oxygens (including phenoxy) is 3. The summed E-state index contributed by atoms with van der Waals surface area (Å²) in [5.74, 6) is -1.52. The number of nitrogens with zero attached hydrogens (tertiary/aromatic N) is 1. The van der Waals surface area contributed by atoms with Crippen LogP contribution in [0.5, 0.6) is 0 Å². The molecule has 0 amide bonds. The molecule has 0 heterocycles. The Labute approximate surface area is 337 Å². The number of carbonyl (C=O) groups is 3. The van der Waals surface area contributed by atoms with Crippen LogP contribution in [-0.2, 0) is 28.6 Å². The van der Waals surface area contributed by atoms with Crippen molar-refractivity contribution in [2.24, 2.45) is 0 Å². The number of aliphatic carboxylic acids is 1. The third-order valence-corrected chi connectivity index (χ3v) is 9.76. The van der Waals surface area contributed by atoms with Crippen LogP contribution in [0, 0.1) is 0 Å². The van der Waals surface area contributed by atoms with Crippen molar-refractivity contribution in [2.45, 2.75) is 193 Å². The van der Waals surface area contributed by atoms with Crippen LogP contribution in [0.4, 0.5) is 0 Å². The molecule has 0 aliphatic heterocycles. The summed E-state index contributed by atoms with van der Waals surface area (Å²) in [6.07, 6.45) is 44.3. The number of carboxylic acid groups (broad SMARTS) is 1. The molecule has 0 aromatic heterocycles. The van der Waals surface area contributed by atoms with Crippen molar-refractivity contribution in [3.8, 4) is 0 Å². The Morgan fingerprint density at radius 2 is 0.945 bits per heavy atom. The highest BCUT2D eigenvalue weighted by Crippen LogP contribution is 2.13. The smallest absolute Gasteiger partial charge is 0.362 e. The minimum absolute atomic E-state index is 0.0458. The first kappa shape index (κ1) is 52.3. The summed E-state index contributed by atoms with van der Waals surface area (Å²) < 4.78 is 17.2. The largest absolute Gasteiger partial charge is 0.477 e. The number of carbonyl (C=O) groups excluding carboxylic acids is 2. The quantitative estimate of drug-likeness (QED) is 0.0287. The van der Waals surface area contributed by atoms with E-state index < -0.39 is 18.1 Å². The van der Waals surface area contributed by atoms with E-state index in [1.165, 1.54) is 83.5 Å². The van der Waals surface area contributed by atoms with Gasteiger partial charge in [-0.15, -0.1) is 0 Å². The summed E-state index contributed by atoms with van der Waals surface area (Å²) in [4.78, 5) is 37.0. The molecule has 0 aromatic rings. The standard InChI is InChI=1S/C47H83NO7/c1-6-8-10-12-14-16-18-20-22-24-26-28-30-32-34-36-38-46(50)55-43(41-53-40-39-44(47(51)52)48(3,4)5)42-54-45(49)37-35-33-31-29-27-25-23-21-19-17-15-13-11-9-7-2/h15,17,19,21-22,24,26,28,43-44H,6-14,16,18,20,23,25,27,29-42H2,1-5H3/p+1/b17-15+,21-19+,24-22+,28-26+. The highest BCUT2D eigenvalue weighted by atomic mass is 16.6. The number of hydrogen-bond acceptors (Lipinski definition) is 6. The summed E-state index contributed by atoms with van der Waals surface area (Å²) in [5, 5.41) is 9.61. The maximum atomic E-state index is 12.7. The van der Waals surface area contributed by atoms with Crippen LogP contribution in [0.2, 0.25) is 0 Å². The number of quaternary nitrogens is 1. The Morgan fingerprint density at radius 1 is 0.545 bits per heavy atom. The molecule has 8 heteroatoms. The normalized spacial score (nSPS) is 13.4. The second-order valence-electron chi connectivity index (χ2n) is 16.0. The topological polar surface area (TPSA) is 99.1 Å². The second-order valence-corrected chi connectivity index (χ2v) is 16.0. The Hall–Kier alpha value is -2.71. The zero-order chi connectivity index (χ0) is 40.7. The molecule has 2 atom stereocenters. The van der Waals surface area contributed by atoms with Gasteiger partial charge in [0.2, 0.25) is 0 Å². The first-order chi connectivity index (χ1) is 26.6. The van der Waals surface area contributed by atoms with Crippen molar-refractivity contribution >= 4 is 17.9 Å². The van der Waals surface area contributed by atoms with Gasteiger partial charge in [-0.3, -0.25) is 9.59 Å². The molecule has 8 nitrogen and oxygen atoms in total. The minimum atomic E-state index is -0.882. The molecule has 1 N–H and O–H groups in total. The molecule has 0 bridgehead atoms. The maximum Gasteiger partial charge on any atom is 0.362 e. The van der Waals surface area contributed by atoms with Gasteiger partial charge in [-0.25, -0.2) is 4.79 Å². The Balaban J connectivity index is 4.42. The van der Waals surface area contributed by atoms with E-state index in [4.69, 9.17) is 14.2 Å². The van der Waals surface area contributed by atoms with Crippen molar-refractivity contribution in [2.75, 3.05) is 41.0 Å². The lowest BCUT2D eigenvalue weighted by Gasteiger charge is -2.31. The molecule has 0 aromatic carbocycles. The van der Waals surface area contributed by atoms with Gasteiger partial charge in [-0.2, -0.15) is 0 Å². The van der Waals surface area contributed by atoms with E-state index in [1.54, 1.807) is 0 Å². The van der Waals surface area contributed by atoms with E-state index in [9.17, 15) is 19.5 Å². The minimum Gasteiger partial charge on any atom is -0.477 e. The molecule has 0 saturated heterocycles. The van der Waals surface area contributed by atoms with E-state index in [0.717, 1.165) is 64.2 Å². The predicted octanol–water partition coefficient (Wildman–Crippen LogP) is 12.0. The van der Waals surface area contributed by atoms with Crippen LogP contribution in [0.15, 0.2) is 48.6 Å². The first-order valence-corrected chi connectivity index (χ1v) is 22.2. The predicted molar refractivity (Wildman–Crippen MR) is 229 cm³/mol. The molecule has 55 heavy (non-hydrogen) atoms.